The van der Waals surface area contributed by atoms with E-state index in [0.717, 1.165) is 10.2 Å². The maximum atomic E-state index is 10.7. The lowest BCUT2D eigenvalue weighted by molar-refractivity contribution is -0.384. The van der Waals surface area contributed by atoms with Crippen LogP contribution >= 0.6 is 11.3 Å². The standard InChI is InChI=1S/C17H16N6O2S/c1-11(2)16(20-19-12-7-9-13(10-8-12)23(24)25)21-22-17-18-14-5-3-4-6-15(14)26-17/h3-11,19H,1-2H3/b20-16-,22-21?. The Kier molecular flexibility index (Phi) is 5.28. The molecule has 8 nitrogen and oxygen atoms in total. The average Bonchev–Trinajstić information content (AvgIpc) is 3.04. The summed E-state index contributed by atoms with van der Waals surface area (Å²) in [6, 6.07) is 13.8. The van der Waals surface area contributed by atoms with Crippen LogP contribution in [-0.2, 0) is 0 Å². The molecular weight excluding hydrogens is 352 g/mol. The number of non-ortho nitro benzene ring substituents is 1. The van der Waals surface area contributed by atoms with Crippen LogP contribution in [0, 0.1) is 16.0 Å². The summed E-state index contributed by atoms with van der Waals surface area (Å²) in [6.07, 6.45) is 0. The van der Waals surface area contributed by atoms with Crippen LogP contribution in [-0.4, -0.2) is 15.7 Å². The van der Waals surface area contributed by atoms with Gasteiger partial charge >= 0.3 is 0 Å². The summed E-state index contributed by atoms with van der Waals surface area (Å²) in [5.74, 6) is 0.543. The molecule has 0 aliphatic carbocycles. The number of nitrogens with zero attached hydrogens (tertiary/aromatic N) is 5. The molecule has 0 aliphatic rings. The summed E-state index contributed by atoms with van der Waals surface area (Å²) in [5.41, 5.74) is 4.39. The molecule has 0 fully saturated rings. The Balaban J connectivity index is 1.75. The molecule has 1 aromatic heterocycles. The van der Waals surface area contributed by atoms with Gasteiger partial charge in [0.1, 0.15) is 0 Å². The smallest absolute Gasteiger partial charge is 0.269 e. The van der Waals surface area contributed by atoms with Crippen molar-refractivity contribution >= 4 is 43.9 Å². The fraction of sp³-hybridized carbons (Fsp3) is 0.176. The Labute approximate surface area is 153 Å². The fourth-order valence-electron chi connectivity index (χ4n) is 2.04. The number of hydrogen-bond donors (Lipinski definition) is 1. The molecule has 0 unspecified atom stereocenters. The number of hydrazone groups is 1. The fourth-order valence-corrected chi connectivity index (χ4v) is 2.83. The number of anilines is 1. The van der Waals surface area contributed by atoms with Crippen molar-refractivity contribution in [3.8, 4) is 0 Å². The number of thiazole rings is 1. The van der Waals surface area contributed by atoms with Crippen LogP contribution in [0.4, 0.5) is 16.5 Å². The molecule has 9 heteroatoms. The predicted octanol–water partition coefficient (Wildman–Crippen LogP) is 5.37. The predicted molar refractivity (Wildman–Crippen MR) is 103 cm³/mol. The minimum atomic E-state index is -0.446. The first-order chi connectivity index (χ1) is 12.5. The third-order valence-electron chi connectivity index (χ3n) is 3.41. The number of azo groups is 1. The normalized spacial score (nSPS) is 12.2. The van der Waals surface area contributed by atoms with Crippen molar-refractivity contribution in [1.82, 2.24) is 4.98 Å². The van der Waals surface area contributed by atoms with Gasteiger partial charge in [-0.25, -0.2) is 4.98 Å². The zero-order chi connectivity index (χ0) is 18.5. The lowest BCUT2D eigenvalue weighted by Gasteiger charge is -2.05. The average molecular weight is 368 g/mol. The van der Waals surface area contributed by atoms with E-state index in [-0.39, 0.29) is 11.6 Å². The summed E-state index contributed by atoms with van der Waals surface area (Å²) in [7, 11) is 0. The van der Waals surface area contributed by atoms with Gasteiger partial charge in [0.15, 0.2) is 5.84 Å². The molecule has 0 saturated carbocycles. The molecule has 0 aliphatic heterocycles. The largest absolute Gasteiger partial charge is 0.277 e. The molecule has 1 N–H and O–H groups in total. The first kappa shape index (κ1) is 17.6. The summed E-state index contributed by atoms with van der Waals surface area (Å²) in [4.78, 5) is 14.6. The van der Waals surface area contributed by atoms with Crippen molar-refractivity contribution in [2.75, 3.05) is 5.43 Å². The van der Waals surface area contributed by atoms with Crippen molar-refractivity contribution in [2.24, 2.45) is 21.2 Å². The number of aromatic nitrogens is 1. The van der Waals surface area contributed by atoms with E-state index in [4.69, 9.17) is 0 Å². The van der Waals surface area contributed by atoms with Gasteiger partial charge in [0.25, 0.3) is 5.69 Å². The Hall–Kier alpha value is -3.20. The molecule has 132 valence electrons. The number of nitro groups is 1. The highest BCUT2D eigenvalue weighted by Gasteiger charge is 2.07. The molecule has 0 saturated heterocycles. The van der Waals surface area contributed by atoms with E-state index < -0.39 is 4.92 Å². The van der Waals surface area contributed by atoms with Crippen LogP contribution in [0.2, 0.25) is 0 Å². The third-order valence-corrected chi connectivity index (χ3v) is 4.34. The highest BCUT2D eigenvalue weighted by Crippen LogP contribution is 2.28. The minimum absolute atomic E-state index is 0.0270. The van der Waals surface area contributed by atoms with Gasteiger partial charge in [-0.2, -0.15) is 5.10 Å². The van der Waals surface area contributed by atoms with E-state index in [1.54, 1.807) is 12.1 Å². The van der Waals surface area contributed by atoms with Crippen LogP contribution in [0.15, 0.2) is 63.9 Å². The number of nitro benzene ring substituents is 1. The first-order valence-electron chi connectivity index (χ1n) is 7.88. The molecule has 0 bridgehead atoms. The first-order valence-corrected chi connectivity index (χ1v) is 8.70. The number of nitrogens with one attached hydrogen (secondary N) is 1. The Morgan fingerprint density at radius 1 is 1.19 bits per heavy atom. The van der Waals surface area contributed by atoms with Crippen LogP contribution in [0.5, 0.6) is 0 Å². The monoisotopic (exact) mass is 368 g/mol. The Morgan fingerprint density at radius 2 is 1.92 bits per heavy atom. The van der Waals surface area contributed by atoms with Gasteiger partial charge in [0.2, 0.25) is 5.13 Å². The summed E-state index contributed by atoms with van der Waals surface area (Å²) in [5, 5.41) is 23.9. The van der Waals surface area contributed by atoms with Crippen molar-refractivity contribution in [1.29, 1.82) is 0 Å². The summed E-state index contributed by atoms with van der Waals surface area (Å²) >= 11 is 1.46. The summed E-state index contributed by atoms with van der Waals surface area (Å²) in [6.45, 7) is 3.90. The van der Waals surface area contributed by atoms with E-state index >= 15 is 0 Å². The van der Waals surface area contributed by atoms with Crippen LogP contribution in [0.25, 0.3) is 10.2 Å². The lowest BCUT2D eigenvalue weighted by atomic mass is 10.2. The van der Waals surface area contributed by atoms with E-state index in [0.29, 0.717) is 16.7 Å². The van der Waals surface area contributed by atoms with Crippen LogP contribution < -0.4 is 5.43 Å². The van der Waals surface area contributed by atoms with Crippen molar-refractivity contribution in [3.63, 3.8) is 0 Å². The van der Waals surface area contributed by atoms with Crippen LogP contribution in [0.3, 0.4) is 0 Å². The third kappa shape index (κ3) is 4.25. The number of hydrogen-bond acceptors (Lipinski definition) is 7. The molecule has 0 radical (unpaired) electrons. The molecule has 3 rings (SSSR count). The molecule has 26 heavy (non-hydrogen) atoms. The molecule has 0 atom stereocenters. The van der Waals surface area contributed by atoms with Gasteiger partial charge in [0, 0.05) is 18.1 Å². The van der Waals surface area contributed by atoms with Gasteiger partial charge in [-0.05, 0) is 24.3 Å². The number of para-hydroxylation sites is 1. The van der Waals surface area contributed by atoms with E-state index in [1.165, 1.54) is 23.5 Å². The maximum Gasteiger partial charge on any atom is 0.269 e. The van der Waals surface area contributed by atoms with Crippen molar-refractivity contribution in [2.45, 2.75) is 13.8 Å². The topological polar surface area (TPSA) is 105 Å². The molecule has 0 amide bonds. The van der Waals surface area contributed by atoms with Crippen molar-refractivity contribution in [3.05, 3.63) is 58.6 Å². The summed E-state index contributed by atoms with van der Waals surface area (Å²) < 4.78 is 1.05. The second kappa shape index (κ2) is 7.79. The number of fused-ring (bicyclic) bond motifs is 1. The zero-order valence-electron chi connectivity index (χ0n) is 14.2. The highest BCUT2D eigenvalue weighted by atomic mass is 32.1. The molecule has 0 spiro atoms. The Bertz CT molecular complexity index is 945. The van der Waals surface area contributed by atoms with Gasteiger partial charge in [-0.3, -0.25) is 15.5 Å². The van der Waals surface area contributed by atoms with Gasteiger partial charge in [-0.15, -0.1) is 10.2 Å². The lowest BCUT2D eigenvalue weighted by Crippen LogP contribution is -2.06. The van der Waals surface area contributed by atoms with Crippen LogP contribution in [0.1, 0.15) is 13.8 Å². The second-order valence-electron chi connectivity index (χ2n) is 5.70. The molecule has 3 aromatic rings. The van der Waals surface area contributed by atoms with Gasteiger partial charge in [0.05, 0.1) is 20.8 Å². The van der Waals surface area contributed by atoms with E-state index in [2.05, 4.69) is 25.7 Å². The Morgan fingerprint density at radius 3 is 2.58 bits per heavy atom. The molecule has 2 aromatic carbocycles. The molecule has 1 heterocycles. The maximum absolute atomic E-state index is 10.7. The highest BCUT2D eigenvalue weighted by molar-refractivity contribution is 7.21. The van der Waals surface area contributed by atoms with E-state index in [9.17, 15) is 10.1 Å². The SMILES string of the molecule is CC(C)/C(N=Nc1nc2ccccc2s1)=N/Nc1ccc([N+](=O)[O-])cc1. The number of benzene rings is 2. The van der Waals surface area contributed by atoms with Crippen molar-refractivity contribution < 1.29 is 4.92 Å². The second-order valence-corrected chi connectivity index (χ2v) is 6.71. The van der Waals surface area contributed by atoms with Gasteiger partial charge < -0.3 is 0 Å². The number of amidine groups is 1. The quantitative estimate of drug-likeness (QED) is 0.215. The number of rotatable bonds is 5. The minimum Gasteiger partial charge on any atom is -0.277 e. The van der Waals surface area contributed by atoms with E-state index in [1.807, 2.05) is 38.1 Å². The zero-order valence-corrected chi connectivity index (χ0v) is 15.0. The van der Waals surface area contributed by atoms with Gasteiger partial charge in [-0.1, -0.05) is 37.3 Å². The molecular formula is C17H16N6O2S.